The molecule has 0 radical (unpaired) electrons. The molecule has 0 unspecified atom stereocenters. The van der Waals surface area contributed by atoms with E-state index in [4.69, 9.17) is 0 Å². The molecular weight excluding hydrogens is 312 g/mol. The molecule has 5 nitrogen and oxygen atoms in total. The van der Waals surface area contributed by atoms with Crippen molar-refractivity contribution in [3.8, 4) is 11.1 Å². The number of carbonyl (C=O) groups is 1. The van der Waals surface area contributed by atoms with Crippen molar-refractivity contribution < 1.29 is 4.79 Å². The van der Waals surface area contributed by atoms with Crippen molar-refractivity contribution in [1.82, 2.24) is 9.78 Å². The van der Waals surface area contributed by atoms with Crippen LogP contribution in [-0.4, -0.2) is 15.6 Å². The maximum Gasteiger partial charge on any atom is 0.226 e. The third kappa shape index (κ3) is 2.80. The summed E-state index contributed by atoms with van der Waals surface area (Å²) in [6.45, 7) is 1.92. The lowest BCUT2D eigenvalue weighted by Crippen LogP contribution is -2.13. The molecule has 0 N–H and O–H groups in total. The summed E-state index contributed by atoms with van der Waals surface area (Å²) in [5.74, 6) is 0.489. The van der Waals surface area contributed by atoms with Gasteiger partial charge in [0.05, 0.1) is 11.3 Å². The normalized spacial score (nSPS) is 15.6. The largest absolute Gasteiger partial charge is 0.290 e. The van der Waals surface area contributed by atoms with E-state index in [1.54, 1.807) is 10.8 Å². The van der Waals surface area contributed by atoms with Crippen molar-refractivity contribution in [3.05, 3.63) is 78.0 Å². The molecule has 0 amide bonds. The van der Waals surface area contributed by atoms with E-state index in [1.165, 1.54) is 6.08 Å². The van der Waals surface area contributed by atoms with Gasteiger partial charge in [0.2, 0.25) is 11.9 Å². The SMILES string of the molecule is Cc1nn2c(c1-c1ccccc1)N=N[C@@H]2C(=O)/C=C/c1ccccc1. The second-order valence-electron chi connectivity index (χ2n) is 5.83. The van der Waals surface area contributed by atoms with Crippen molar-refractivity contribution in [1.29, 1.82) is 0 Å². The predicted octanol–water partition coefficient (Wildman–Crippen LogP) is 4.74. The number of hydrogen-bond acceptors (Lipinski definition) is 4. The Bertz CT molecular complexity index is 972. The molecule has 122 valence electrons. The lowest BCUT2D eigenvalue weighted by atomic mass is 10.1. The Morgan fingerprint density at radius 2 is 1.72 bits per heavy atom. The first-order chi connectivity index (χ1) is 12.2. The van der Waals surface area contributed by atoms with Crippen molar-refractivity contribution in [2.45, 2.75) is 13.1 Å². The molecule has 4 rings (SSSR count). The minimum absolute atomic E-state index is 0.145. The number of benzene rings is 2. The van der Waals surface area contributed by atoms with Crippen molar-refractivity contribution >= 4 is 17.7 Å². The molecule has 2 heterocycles. The Labute approximate surface area is 145 Å². The molecule has 25 heavy (non-hydrogen) atoms. The molecule has 0 bridgehead atoms. The summed E-state index contributed by atoms with van der Waals surface area (Å²) < 4.78 is 1.61. The lowest BCUT2D eigenvalue weighted by molar-refractivity contribution is -0.117. The number of aromatic nitrogens is 2. The molecule has 0 aliphatic carbocycles. The molecule has 0 saturated heterocycles. The standard InChI is InChI=1S/C20H16N4O/c1-14-18(16-10-6-3-7-11-16)20-22-21-19(24(20)23-14)17(25)13-12-15-8-4-2-5-9-15/h2-13,19H,1H3/b13-12+/t19-/m0/s1. The van der Waals surface area contributed by atoms with Gasteiger partial charge in [-0.15, -0.1) is 5.11 Å². The highest BCUT2D eigenvalue weighted by Gasteiger charge is 2.30. The lowest BCUT2D eigenvalue weighted by Gasteiger charge is -2.03. The molecular formula is C20H16N4O. The van der Waals surface area contributed by atoms with Crippen molar-refractivity contribution in [3.63, 3.8) is 0 Å². The molecule has 1 aromatic heterocycles. The molecule has 5 heteroatoms. The van der Waals surface area contributed by atoms with Gasteiger partial charge >= 0.3 is 0 Å². The number of fused-ring (bicyclic) bond motifs is 1. The first-order valence-electron chi connectivity index (χ1n) is 8.06. The van der Waals surface area contributed by atoms with E-state index in [-0.39, 0.29) is 5.78 Å². The summed E-state index contributed by atoms with van der Waals surface area (Å²) in [6, 6.07) is 19.6. The van der Waals surface area contributed by atoms with Gasteiger partial charge in [0, 0.05) is 0 Å². The maximum atomic E-state index is 12.5. The van der Waals surface area contributed by atoms with E-state index < -0.39 is 6.17 Å². The highest BCUT2D eigenvalue weighted by atomic mass is 16.1. The third-order valence-electron chi connectivity index (χ3n) is 4.11. The summed E-state index contributed by atoms with van der Waals surface area (Å²) >= 11 is 0. The molecule has 3 aromatic rings. The van der Waals surface area contributed by atoms with Crippen molar-refractivity contribution in [2.75, 3.05) is 0 Å². The Morgan fingerprint density at radius 3 is 2.44 bits per heavy atom. The average Bonchev–Trinajstić information content (AvgIpc) is 3.19. The van der Waals surface area contributed by atoms with Crippen LogP contribution in [0.4, 0.5) is 5.82 Å². The minimum Gasteiger partial charge on any atom is -0.290 e. The van der Waals surface area contributed by atoms with Gasteiger partial charge in [-0.1, -0.05) is 66.7 Å². The highest BCUT2D eigenvalue weighted by Crippen LogP contribution is 2.39. The highest BCUT2D eigenvalue weighted by molar-refractivity contribution is 5.97. The number of ketones is 1. The van der Waals surface area contributed by atoms with E-state index in [0.29, 0.717) is 5.82 Å². The summed E-state index contributed by atoms with van der Waals surface area (Å²) in [6.07, 6.45) is 2.59. The van der Waals surface area contributed by atoms with Gasteiger partial charge in [0.25, 0.3) is 0 Å². The van der Waals surface area contributed by atoms with Gasteiger partial charge in [-0.2, -0.15) is 10.2 Å². The maximum absolute atomic E-state index is 12.5. The fourth-order valence-corrected chi connectivity index (χ4v) is 2.91. The zero-order chi connectivity index (χ0) is 17.2. The van der Waals surface area contributed by atoms with Crippen LogP contribution in [0.15, 0.2) is 77.0 Å². The van der Waals surface area contributed by atoms with Crippen LogP contribution in [0.5, 0.6) is 0 Å². The van der Waals surface area contributed by atoms with E-state index in [2.05, 4.69) is 15.3 Å². The molecule has 0 fully saturated rings. The van der Waals surface area contributed by atoms with Crippen LogP contribution >= 0.6 is 0 Å². The quantitative estimate of drug-likeness (QED) is 0.650. The van der Waals surface area contributed by atoms with Crippen LogP contribution in [0.1, 0.15) is 17.4 Å². The third-order valence-corrected chi connectivity index (χ3v) is 4.11. The first kappa shape index (κ1) is 15.2. The van der Waals surface area contributed by atoms with Crippen LogP contribution in [0, 0.1) is 6.92 Å². The second-order valence-corrected chi connectivity index (χ2v) is 5.83. The number of aryl methyl sites for hydroxylation is 1. The molecule has 0 saturated carbocycles. The Hall–Kier alpha value is -3.34. The van der Waals surface area contributed by atoms with Crippen LogP contribution in [0.2, 0.25) is 0 Å². The van der Waals surface area contributed by atoms with Crippen LogP contribution < -0.4 is 0 Å². The van der Waals surface area contributed by atoms with Crippen LogP contribution in [0.3, 0.4) is 0 Å². The fourth-order valence-electron chi connectivity index (χ4n) is 2.91. The fraction of sp³-hybridized carbons (Fsp3) is 0.100. The summed E-state index contributed by atoms with van der Waals surface area (Å²) in [7, 11) is 0. The van der Waals surface area contributed by atoms with E-state index in [0.717, 1.165) is 22.4 Å². The molecule has 2 aromatic carbocycles. The van der Waals surface area contributed by atoms with Gasteiger partial charge in [-0.3, -0.25) is 4.79 Å². The summed E-state index contributed by atoms with van der Waals surface area (Å²) in [5.41, 5.74) is 3.75. The summed E-state index contributed by atoms with van der Waals surface area (Å²) in [4.78, 5) is 12.5. The van der Waals surface area contributed by atoms with Crippen LogP contribution in [-0.2, 0) is 4.79 Å². The molecule has 1 aliphatic rings. The first-order valence-corrected chi connectivity index (χ1v) is 8.06. The van der Waals surface area contributed by atoms with Gasteiger partial charge in [-0.25, -0.2) is 4.68 Å². The molecule has 1 atom stereocenters. The molecule has 1 aliphatic heterocycles. The van der Waals surface area contributed by atoms with Crippen molar-refractivity contribution in [2.24, 2.45) is 10.2 Å². The Balaban J connectivity index is 1.64. The van der Waals surface area contributed by atoms with E-state index in [9.17, 15) is 4.79 Å². The summed E-state index contributed by atoms with van der Waals surface area (Å²) in [5, 5.41) is 12.9. The average molecular weight is 328 g/mol. The smallest absolute Gasteiger partial charge is 0.226 e. The topological polar surface area (TPSA) is 59.6 Å². The van der Waals surface area contributed by atoms with Gasteiger partial charge in [-0.05, 0) is 24.1 Å². The van der Waals surface area contributed by atoms with Gasteiger partial charge in [0.15, 0.2) is 5.82 Å². The zero-order valence-corrected chi connectivity index (χ0v) is 13.7. The Morgan fingerprint density at radius 1 is 1.04 bits per heavy atom. The molecule has 0 spiro atoms. The number of azo groups is 1. The van der Waals surface area contributed by atoms with Crippen LogP contribution in [0.25, 0.3) is 17.2 Å². The van der Waals surface area contributed by atoms with E-state index in [1.807, 2.05) is 67.6 Å². The van der Waals surface area contributed by atoms with Gasteiger partial charge < -0.3 is 0 Å². The minimum atomic E-state index is -0.730. The predicted molar refractivity (Wildman–Crippen MR) is 96.4 cm³/mol. The van der Waals surface area contributed by atoms with Gasteiger partial charge in [0.1, 0.15) is 0 Å². The number of hydrogen-bond donors (Lipinski definition) is 0. The zero-order valence-electron chi connectivity index (χ0n) is 13.7. The Kier molecular flexibility index (Phi) is 3.82. The number of carbonyl (C=O) groups excluding carboxylic acids is 1. The van der Waals surface area contributed by atoms with E-state index >= 15 is 0 Å². The monoisotopic (exact) mass is 328 g/mol. The second kappa shape index (κ2) is 6.28. The number of nitrogens with zero attached hydrogens (tertiary/aromatic N) is 4. The number of rotatable bonds is 4.